The Hall–Kier alpha value is -1.44. The zero-order valence-corrected chi connectivity index (χ0v) is 15.3. The number of halogens is 1. The first kappa shape index (κ1) is 18.9. The van der Waals surface area contributed by atoms with Crippen LogP contribution in [0.1, 0.15) is 32.1 Å². The zero-order chi connectivity index (χ0) is 16.2. The van der Waals surface area contributed by atoms with Crippen LogP contribution in [-0.2, 0) is 11.2 Å². The number of nitrogens with two attached hydrogens (primary N) is 1. The van der Waals surface area contributed by atoms with Gasteiger partial charge >= 0.3 is 0 Å². The molecule has 1 fully saturated rings. The predicted octanol–water partition coefficient (Wildman–Crippen LogP) is 2.74. The number of rotatable bonds is 5. The molecule has 0 spiro atoms. The van der Waals surface area contributed by atoms with E-state index >= 15 is 0 Å². The summed E-state index contributed by atoms with van der Waals surface area (Å²) >= 11 is 1.57. The van der Waals surface area contributed by atoms with Gasteiger partial charge in [-0.25, -0.2) is 0 Å². The molecular weight excluding hydrogens is 348 g/mol. The van der Waals surface area contributed by atoms with Gasteiger partial charge in [0.15, 0.2) is 0 Å². The number of piperidine rings is 1. The van der Waals surface area contributed by atoms with Crippen LogP contribution < -0.4 is 5.73 Å². The van der Waals surface area contributed by atoms with E-state index in [1.165, 1.54) is 0 Å². The van der Waals surface area contributed by atoms with Crippen LogP contribution >= 0.6 is 23.7 Å². The Kier molecular flexibility index (Phi) is 6.77. The van der Waals surface area contributed by atoms with Crippen LogP contribution in [0.3, 0.4) is 0 Å². The van der Waals surface area contributed by atoms with Crippen LogP contribution in [0.4, 0.5) is 0 Å². The Morgan fingerprint density at radius 3 is 3.12 bits per heavy atom. The summed E-state index contributed by atoms with van der Waals surface area (Å²) in [5, 5.41) is 5.94. The van der Waals surface area contributed by atoms with Gasteiger partial charge in [-0.15, -0.1) is 23.7 Å². The normalized spacial score (nSPS) is 18.9. The predicted molar refractivity (Wildman–Crippen MR) is 96.1 cm³/mol. The largest absolute Gasteiger partial charge is 0.342 e. The number of aryl methyl sites for hydroxylation is 1. The molecule has 0 aromatic carbocycles. The van der Waals surface area contributed by atoms with E-state index < -0.39 is 0 Å². The highest BCUT2D eigenvalue weighted by Crippen LogP contribution is 2.22. The van der Waals surface area contributed by atoms with Crippen LogP contribution in [0.2, 0.25) is 0 Å². The van der Waals surface area contributed by atoms with E-state index in [0.717, 1.165) is 30.8 Å². The molecule has 3 rings (SSSR count). The van der Waals surface area contributed by atoms with E-state index in [-0.39, 0.29) is 24.4 Å². The topological polar surface area (TPSA) is 85.2 Å². The molecule has 0 radical (unpaired) electrons. The molecule has 1 saturated heterocycles. The maximum atomic E-state index is 12.4. The Morgan fingerprint density at radius 1 is 1.58 bits per heavy atom. The van der Waals surface area contributed by atoms with Crippen molar-refractivity contribution in [1.29, 1.82) is 0 Å². The smallest absolute Gasteiger partial charge is 0.227 e. The Bertz CT molecular complexity index is 644. The minimum atomic E-state index is 0. The van der Waals surface area contributed by atoms with Crippen molar-refractivity contribution >= 4 is 29.7 Å². The third-order valence-corrected chi connectivity index (χ3v) is 5.18. The maximum Gasteiger partial charge on any atom is 0.227 e. The summed E-state index contributed by atoms with van der Waals surface area (Å²) in [5.41, 5.74) is 5.97. The molecule has 1 aliphatic rings. The SMILES string of the molecule is CC(N)C1CCCN(C(=O)CCc2nc(-c3cccs3)no2)C1.Cl. The fourth-order valence-electron chi connectivity index (χ4n) is 2.90. The van der Waals surface area contributed by atoms with E-state index in [9.17, 15) is 4.79 Å². The summed E-state index contributed by atoms with van der Waals surface area (Å²) < 4.78 is 5.24. The van der Waals surface area contributed by atoms with Crippen molar-refractivity contribution < 1.29 is 9.32 Å². The fraction of sp³-hybridized carbons (Fsp3) is 0.562. The van der Waals surface area contributed by atoms with Crippen molar-refractivity contribution in [1.82, 2.24) is 15.0 Å². The maximum absolute atomic E-state index is 12.4. The molecule has 6 nitrogen and oxygen atoms in total. The first-order chi connectivity index (χ1) is 11.1. The van der Waals surface area contributed by atoms with Crippen molar-refractivity contribution in [2.45, 2.75) is 38.6 Å². The highest BCUT2D eigenvalue weighted by molar-refractivity contribution is 7.13. The Labute approximate surface area is 151 Å². The number of thiophene rings is 1. The van der Waals surface area contributed by atoms with Crippen LogP contribution in [-0.4, -0.2) is 40.1 Å². The van der Waals surface area contributed by atoms with Gasteiger partial charge in [-0.2, -0.15) is 4.98 Å². The van der Waals surface area contributed by atoms with Gasteiger partial charge in [0.05, 0.1) is 4.88 Å². The standard InChI is InChI=1S/C16H22N4O2S.ClH/c1-11(17)12-4-2-8-20(10-12)15(21)7-6-14-18-16(19-22-14)13-5-3-9-23-13;/h3,5,9,11-12H,2,4,6-8,10,17H2,1H3;1H. The first-order valence-electron chi connectivity index (χ1n) is 8.03. The van der Waals surface area contributed by atoms with Gasteiger partial charge in [0.1, 0.15) is 0 Å². The molecule has 0 aliphatic carbocycles. The van der Waals surface area contributed by atoms with E-state index in [1.54, 1.807) is 11.3 Å². The lowest BCUT2D eigenvalue weighted by Crippen LogP contribution is -2.45. The van der Waals surface area contributed by atoms with Gasteiger partial charge in [-0.05, 0) is 37.1 Å². The zero-order valence-electron chi connectivity index (χ0n) is 13.7. The van der Waals surface area contributed by atoms with Gasteiger partial charge in [0.2, 0.25) is 17.6 Å². The highest BCUT2D eigenvalue weighted by Gasteiger charge is 2.25. The van der Waals surface area contributed by atoms with E-state index in [4.69, 9.17) is 10.3 Å². The van der Waals surface area contributed by atoms with Crippen LogP contribution in [0.5, 0.6) is 0 Å². The van der Waals surface area contributed by atoms with Gasteiger partial charge in [0.25, 0.3) is 0 Å². The molecule has 2 N–H and O–H groups in total. The average Bonchev–Trinajstić information content (AvgIpc) is 3.23. The molecule has 8 heteroatoms. The van der Waals surface area contributed by atoms with E-state index in [0.29, 0.717) is 30.5 Å². The molecule has 2 aromatic heterocycles. The van der Waals surface area contributed by atoms with E-state index in [2.05, 4.69) is 10.1 Å². The van der Waals surface area contributed by atoms with Crippen molar-refractivity contribution in [3.63, 3.8) is 0 Å². The summed E-state index contributed by atoms with van der Waals surface area (Å²) in [5.74, 6) is 1.66. The van der Waals surface area contributed by atoms with Gasteiger partial charge in [-0.1, -0.05) is 11.2 Å². The van der Waals surface area contributed by atoms with Crippen LogP contribution in [0, 0.1) is 5.92 Å². The molecule has 1 amide bonds. The summed E-state index contributed by atoms with van der Waals surface area (Å²) in [6, 6.07) is 4.03. The van der Waals surface area contributed by atoms with Gasteiger partial charge < -0.3 is 15.2 Å². The lowest BCUT2D eigenvalue weighted by molar-refractivity contribution is -0.133. The Balaban J connectivity index is 0.00000208. The quantitative estimate of drug-likeness (QED) is 0.874. The molecular formula is C16H23ClN4O2S. The third-order valence-electron chi connectivity index (χ3n) is 4.32. The monoisotopic (exact) mass is 370 g/mol. The molecule has 132 valence electrons. The van der Waals surface area contributed by atoms with Gasteiger partial charge in [-0.3, -0.25) is 4.79 Å². The van der Waals surface area contributed by atoms with E-state index in [1.807, 2.05) is 29.3 Å². The number of amides is 1. The van der Waals surface area contributed by atoms with Crippen molar-refractivity contribution in [3.8, 4) is 10.7 Å². The lowest BCUT2D eigenvalue weighted by atomic mass is 9.92. The summed E-state index contributed by atoms with van der Waals surface area (Å²) in [7, 11) is 0. The minimum absolute atomic E-state index is 0. The number of aromatic nitrogens is 2. The minimum Gasteiger partial charge on any atom is -0.342 e. The number of carbonyl (C=O) groups excluding carboxylic acids is 1. The summed E-state index contributed by atoms with van der Waals surface area (Å²) in [6.07, 6.45) is 3.02. The summed E-state index contributed by atoms with van der Waals surface area (Å²) in [6.45, 7) is 3.61. The molecule has 2 unspecified atom stereocenters. The molecule has 1 aliphatic heterocycles. The molecule has 24 heavy (non-hydrogen) atoms. The molecule has 2 atom stereocenters. The second-order valence-electron chi connectivity index (χ2n) is 6.09. The molecule has 2 aromatic rings. The number of hydrogen-bond acceptors (Lipinski definition) is 6. The van der Waals surface area contributed by atoms with Crippen molar-refractivity contribution in [3.05, 3.63) is 23.4 Å². The van der Waals surface area contributed by atoms with Crippen molar-refractivity contribution in [2.75, 3.05) is 13.1 Å². The second-order valence-corrected chi connectivity index (χ2v) is 7.04. The number of likely N-dealkylation sites (tertiary alicyclic amines) is 1. The fourth-order valence-corrected chi connectivity index (χ4v) is 3.55. The number of nitrogens with zero attached hydrogens (tertiary/aromatic N) is 3. The number of hydrogen-bond donors (Lipinski definition) is 1. The average molecular weight is 371 g/mol. The number of carbonyl (C=O) groups is 1. The second kappa shape index (κ2) is 8.60. The molecule has 0 saturated carbocycles. The molecule has 0 bridgehead atoms. The lowest BCUT2D eigenvalue weighted by Gasteiger charge is -2.34. The van der Waals surface area contributed by atoms with Crippen molar-refractivity contribution in [2.24, 2.45) is 11.7 Å². The van der Waals surface area contributed by atoms with Crippen LogP contribution in [0.15, 0.2) is 22.0 Å². The first-order valence-corrected chi connectivity index (χ1v) is 8.91. The van der Waals surface area contributed by atoms with Gasteiger partial charge in [0, 0.05) is 32.0 Å². The molecule has 3 heterocycles. The highest BCUT2D eigenvalue weighted by atomic mass is 35.5. The Morgan fingerprint density at radius 2 is 2.42 bits per heavy atom. The third kappa shape index (κ3) is 4.55. The summed E-state index contributed by atoms with van der Waals surface area (Å²) in [4.78, 5) is 19.6. The van der Waals surface area contributed by atoms with Crippen LogP contribution in [0.25, 0.3) is 10.7 Å².